The Hall–Kier alpha value is -1.06. The van der Waals surface area contributed by atoms with Crippen LogP contribution in [0.5, 0.6) is 0 Å². The van der Waals surface area contributed by atoms with Gasteiger partial charge >= 0.3 is 0 Å². The predicted molar refractivity (Wildman–Crippen MR) is 90.2 cm³/mol. The first-order chi connectivity index (χ1) is 10.4. The molecular weight excluding hydrogens is 296 g/mol. The molecule has 3 rings (SSSR count). The lowest BCUT2D eigenvalue weighted by Crippen LogP contribution is -2.50. The van der Waals surface area contributed by atoms with Gasteiger partial charge in [-0.1, -0.05) is 29.8 Å². The maximum Gasteiger partial charge on any atom is 0.231 e. The van der Waals surface area contributed by atoms with Crippen LogP contribution >= 0.6 is 11.6 Å². The highest BCUT2D eigenvalue weighted by atomic mass is 35.5. The normalized spacial score (nSPS) is 29.4. The molecule has 0 saturated carbocycles. The number of benzene rings is 1. The summed E-state index contributed by atoms with van der Waals surface area (Å²) in [5.41, 5.74) is 0.626. The van der Waals surface area contributed by atoms with Crippen LogP contribution in [0, 0.1) is 5.41 Å². The van der Waals surface area contributed by atoms with Crippen molar-refractivity contribution in [1.29, 1.82) is 0 Å². The summed E-state index contributed by atoms with van der Waals surface area (Å²) < 4.78 is 0. The topological polar surface area (TPSA) is 32.3 Å². The number of likely N-dealkylation sites (tertiary alicyclic amines) is 1. The molecule has 2 fully saturated rings. The molecule has 1 aromatic rings. The number of rotatable bonds is 1. The number of nitrogens with one attached hydrogen (secondary N) is 1. The van der Waals surface area contributed by atoms with Crippen molar-refractivity contribution >= 4 is 17.5 Å². The lowest BCUT2D eigenvalue weighted by molar-refractivity contribution is -0.141. The van der Waals surface area contributed by atoms with Crippen LogP contribution in [0.25, 0.3) is 0 Å². The minimum Gasteiger partial charge on any atom is -0.337 e. The first kappa shape index (κ1) is 15.8. The van der Waals surface area contributed by atoms with Crippen LogP contribution in [-0.4, -0.2) is 36.0 Å². The van der Waals surface area contributed by atoms with Gasteiger partial charge in [0, 0.05) is 29.6 Å². The summed E-state index contributed by atoms with van der Waals surface area (Å²) in [4.78, 5) is 15.3. The molecular formula is C18H25ClN2O. The van der Waals surface area contributed by atoms with Gasteiger partial charge in [0.1, 0.15) is 0 Å². The Morgan fingerprint density at radius 3 is 2.64 bits per heavy atom. The summed E-state index contributed by atoms with van der Waals surface area (Å²) in [6.07, 6.45) is 1.99. The standard InChI is InChI=1S/C18H25ClN2O/c1-17(2,3)21-11-14(13-7-4-5-8-15(13)19)18(16(21)22)9-6-10-20-12-18/h4-5,7-8,14,20H,6,9-12H2,1-3H3/t14-,18-/m0/s1. The summed E-state index contributed by atoms with van der Waals surface area (Å²) in [5, 5.41) is 4.23. The van der Waals surface area contributed by atoms with E-state index in [2.05, 4.69) is 32.2 Å². The second-order valence-corrected chi connectivity index (χ2v) is 8.00. The largest absolute Gasteiger partial charge is 0.337 e. The molecule has 120 valence electrons. The maximum absolute atomic E-state index is 13.3. The van der Waals surface area contributed by atoms with Gasteiger partial charge < -0.3 is 10.2 Å². The molecule has 1 N–H and O–H groups in total. The molecule has 1 amide bonds. The van der Waals surface area contributed by atoms with E-state index in [4.69, 9.17) is 11.6 Å². The molecule has 2 aliphatic rings. The van der Waals surface area contributed by atoms with Crippen LogP contribution in [0.4, 0.5) is 0 Å². The van der Waals surface area contributed by atoms with Crippen molar-refractivity contribution in [1.82, 2.24) is 10.2 Å². The average Bonchev–Trinajstić information content (AvgIpc) is 2.74. The molecule has 0 unspecified atom stereocenters. The predicted octanol–water partition coefficient (Wildman–Crippen LogP) is 3.43. The zero-order chi connectivity index (χ0) is 16.0. The van der Waals surface area contributed by atoms with Crippen molar-refractivity contribution in [2.24, 2.45) is 5.41 Å². The van der Waals surface area contributed by atoms with Gasteiger partial charge in [-0.15, -0.1) is 0 Å². The number of carbonyl (C=O) groups excluding carboxylic acids is 1. The van der Waals surface area contributed by atoms with Gasteiger partial charge in [-0.25, -0.2) is 0 Å². The summed E-state index contributed by atoms with van der Waals surface area (Å²) in [6, 6.07) is 8.00. The lowest BCUT2D eigenvalue weighted by atomic mass is 9.69. The second-order valence-electron chi connectivity index (χ2n) is 7.60. The second kappa shape index (κ2) is 5.54. The Kier molecular flexibility index (Phi) is 3.98. The van der Waals surface area contributed by atoms with E-state index in [1.807, 2.05) is 23.1 Å². The monoisotopic (exact) mass is 320 g/mol. The average molecular weight is 321 g/mol. The molecule has 0 radical (unpaired) electrons. The first-order valence-corrected chi connectivity index (χ1v) is 8.51. The van der Waals surface area contributed by atoms with E-state index in [1.165, 1.54) is 0 Å². The first-order valence-electron chi connectivity index (χ1n) is 8.13. The molecule has 2 atom stereocenters. The zero-order valence-corrected chi connectivity index (χ0v) is 14.4. The number of nitrogens with zero attached hydrogens (tertiary/aromatic N) is 1. The molecule has 0 aromatic heterocycles. The van der Waals surface area contributed by atoms with Gasteiger partial charge in [-0.3, -0.25) is 4.79 Å². The molecule has 2 saturated heterocycles. The van der Waals surface area contributed by atoms with Crippen molar-refractivity contribution in [2.75, 3.05) is 19.6 Å². The van der Waals surface area contributed by atoms with Gasteiger partial charge in [0.05, 0.1) is 5.41 Å². The van der Waals surface area contributed by atoms with Crippen molar-refractivity contribution in [3.05, 3.63) is 34.9 Å². The highest BCUT2D eigenvalue weighted by Crippen LogP contribution is 2.50. The van der Waals surface area contributed by atoms with Crippen LogP contribution < -0.4 is 5.32 Å². The van der Waals surface area contributed by atoms with Crippen molar-refractivity contribution in [2.45, 2.75) is 45.1 Å². The highest BCUT2D eigenvalue weighted by molar-refractivity contribution is 6.31. The quantitative estimate of drug-likeness (QED) is 0.859. The van der Waals surface area contributed by atoms with Gasteiger partial charge in [-0.2, -0.15) is 0 Å². The Labute approximate surface area is 138 Å². The molecule has 2 aliphatic heterocycles. The fourth-order valence-corrected chi connectivity index (χ4v) is 4.27. The SMILES string of the molecule is CC(C)(C)N1C[C@@H](c2ccccc2Cl)[C@@]2(CCCNC2)C1=O. The van der Waals surface area contributed by atoms with E-state index in [0.29, 0.717) is 0 Å². The number of amides is 1. The summed E-state index contributed by atoms with van der Waals surface area (Å²) in [5.74, 6) is 0.456. The highest BCUT2D eigenvalue weighted by Gasteiger charge is 2.56. The summed E-state index contributed by atoms with van der Waals surface area (Å²) >= 11 is 6.47. The Morgan fingerprint density at radius 1 is 1.32 bits per heavy atom. The van der Waals surface area contributed by atoms with Crippen LogP contribution in [-0.2, 0) is 4.79 Å². The Morgan fingerprint density at radius 2 is 2.05 bits per heavy atom. The Bertz CT molecular complexity index is 573. The minimum atomic E-state index is -0.337. The van der Waals surface area contributed by atoms with E-state index in [1.54, 1.807) is 0 Å². The molecule has 1 aromatic carbocycles. The molecule has 4 heteroatoms. The Balaban J connectivity index is 2.06. The maximum atomic E-state index is 13.3. The number of hydrogen-bond acceptors (Lipinski definition) is 2. The zero-order valence-electron chi connectivity index (χ0n) is 13.7. The fourth-order valence-electron chi connectivity index (χ4n) is 4.00. The van der Waals surface area contributed by atoms with Gasteiger partial charge in [0.25, 0.3) is 0 Å². The van der Waals surface area contributed by atoms with Crippen molar-refractivity contribution in [3.8, 4) is 0 Å². The molecule has 3 nitrogen and oxygen atoms in total. The lowest BCUT2D eigenvalue weighted by Gasteiger charge is -2.38. The summed E-state index contributed by atoms with van der Waals surface area (Å²) in [6.45, 7) is 8.86. The molecule has 0 aliphatic carbocycles. The summed E-state index contributed by atoms with van der Waals surface area (Å²) in [7, 11) is 0. The van der Waals surface area contributed by atoms with Crippen LogP contribution in [0.15, 0.2) is 24.3 Å². The number of halogens is 1. The molecule has 0 bridgehead atoms. The van der Waals surface area contributed by atoms with E-state index in [9.17, 15) is 4.79 Å². The third-order valence-electron chi connectivity index (χ3n) is 5.21. The molecule has 2 heterocycles. The van der Waals surface area contributed by atoms with Crippen LogP contribution in [0.1, 0.15) is 45.1 Å². The smallest absolute Gasteiger partial charge is 0.231 e. The molecule has 22 heavy (non-hydrogen) atoms. The number of hydrogen-bond donors (Lipinski definition) is 1. The fraction of sp³-hybridized carbons (Fsp3) is 0.611. The van der Waals surface area contributed by atoms with Crippen molar-refractivity contribution < 1.29 is 4.79 Å². The van der Waals surface area contributed by atoms with E-state index >= 15 is 0 Å². The van der Waals surface area contributed by atoms with E-state index in [0.717, 1.165) is 43.1 Å². The minimum absolute atomic E-state index is 0.155. The third-order valence-corrected chi connectivity index (χ3v) is 5.55. The molecule has 1 spiro atoms. The number of piperidine rings is 1. The van der Waals surface area contributed by atoms with Gasteiger partial charge in [0.15, 0.2) is 0 Å². The third kappa shape index (κ3) is 2.44. The number of carbonyl (C=O) groups is 1. The van der Waals surface area contributed by atoms with Crippen LogP contribution in [0.2, 0.25) is 5.02 Å². The van der Waals surface area contributed by atoms with Gasteiger partial charge in [0.2, 0.25) is 5.91 Å². The van der Waals surface area contributed by atoms with Gasteiger partial charge in [-0.05, 0) is 51.8 Å². The van der Waals surface area contributed by atoms with E-state index < -0.39 is 0 Å². The van der Waals surface area contributed by atoms with Crippen molar-refractivity contribution in [3.63, 3.8) is 0 Å². The van der Waals surface area contributed by atoms with E-state index in [-0.39, 0.29) is 22.8 Å². The van der Waals surface area contributed by atoms with Crippen LogP contribution in [0.3, 0.4) is 0 Å².